The van der Waals surface area contributed by atoms with Gasteiger partial charge in [0.1, 0.15) is 16.6 Å². The highest BCUT2D eigenvalue weighted by molar-refractivity contribution is 9.10. The smallest absolute Gasteiger partial charge is 0.153 e. The number of benzene rings is 1. The van der Waals surface area contributed by atoms with Crippen LogP contribution in [0.1, 0.15) is 12.5 Å². The number of nitrogens with zero attached hydrogens (tertiary/aromatic N) is 3. The van der Waals surface area contributed by atoms with Crippen LogP contribution in [0.2, 0.25) is 0 Å². The number of para-hydroxylation sites is 1. The largest absolute Gasteiger partial charge is 0.383 e. The van der Waals surface area contributed by atoms with Crippen molar-refractivity contribution in [1.29, 1.82) is 0 Å². The lowest BCUT2D eigenvalue weighted by Gasteiger charge is -2.24. The summed E-state index contributed by atoms with van der Waals surface area (Å²) in [6, 6.07) is 8.75. The molecule has 1 aromatic carbocycles. The molecule has 2 N–H and O–H groups in total. The Kier molecular flexibility index (Phi) is 2.70. The molecule has 1 aliphatic heterocycles. The van der Waals surface area contributed by atoms with Gasteiger partial charge in [-0.15, -0.1) is 0 Å². The fourth-order valence-corrected chi connectivity index (χ4v) is 2.83. The fourth-order valence-electron chi connectivity index (χ4n) is 2.43. The van der Waals surface area contributed by atoms with E-state index in [1.54, 1.807) is 0 Å². The number of hydrogen-bond acceptors (Lipinski definition) is 4. The molecule has 2 heterocycles. The van der Waals surface area contributed by atoms with E-state index in [9.17, 15) is 0 Å². The Labute approximate surface area is 114 Å². The van der Waals surface area contributed by atoms with Crippen LogP contribution in [0.25, 0.3) is 0 Å². The molecule has 1 unspecified atom stereocenters. The second-order valence-electron chi connectivity index (χ2n) is 4.45. The number of nitrogens with two attached hydrogens (primary N) is 1. The van der Waals surface area contributed by atoms with Crippen LogP contribution in [-0.4, -0.2) is 16.0 Å². The van der Waals surface area contributed by atoms with Gasteiger partial charge in [0.2, 0.25) is 0 Å². The highest BCUT2D eigenvalue weighted by Gasteiger charge is 2.29. The van der Waals surface area contributed by atoms with Crippen LogP contribution >= 0.6 is 15.9 Å². The molecule has 2 aromatic rings. The van der Waals surface area contributed by atoms with Gasteiger partial charge in [-0.2, -0.15) is 0 Å². The SMILES string of the molecule is CC1Cc2ccccc2N1c1ncnc(N)c1Br. The monoisotopic (exact) mass is 304 g/mol. The van der Waals surface area contributed by atoms with Crippen LogP contribution < -0.4 is 10.6 Å². The number of anilines is 3. The Balaban J connectivity index is 2.15. The number of halogens is 1. The molecule has 0 saturated heterocycles. The normalized spacial score (nSPS) is 17.9. The summed E-state index contributed by atoms with van der Waals surface area (Å²) in [6.07, 6.45) is 2.52. The maximum absolute atomic E-state index is 5.83. The van der Waals surface area contributed by atoms with Crippen molar-refractivity contribution in [3.8, 4) is 0 Å². The average Bonchev–Trinajstić information content (AvgIpc) is 2.69. The number of hydrogen-bond donors (Lipinski definition) is 1. The molecule has 4 nitrogen and oxygen atoms in total. The summed E-state index contributed by atoms with van der Waals surface area (Å²) in [7, 11) is 0. The van der Waals surface area contributed by atoms with E-state index < -0.39 is 0 Å². The van der Waals surface area contributed by atoms with E-state index in [-0.39, 0.29) is 0 Å². The summed E-state index contributed by atoms with van der Waals surface area (Å²) in [5, 5.41) is 0. The standard InChI is InChI=1S/C13H13BrN4/c1-8-6-9-4-2-3-5-10(9)18(8)13-11(14)12(15)16-7-17-13/h2-5,7-8H,6H2,1H3,(H2,15,16,17). The van der Waals surface area contributed by atoms with Gasteiger partial charge >= 0.3 is 0 Å². The Morgan fingerprint density at radius 2 is 2.11 bits per heavy atom. The van der Waals surface area contributed by atoms with Crippen molar-refractivity contribution in [2.45, 2.75) is 19.4 Å². The van der Waals surface area contributed by atoms with Crippen molar-refractivity contribution in [1.82, 2.24) is 9.97 Å². The van der Waals surface area contributed by atoms with Gasteiger partial charge < -0.3 is 10.6 Å². The first-order chi connectivity index (χ1) is 8.68. The molecule has 0 radical (unpaired) electrons. The molecule has 18 heavy (non-hydrogen) atoms. The maximum atomic E-state index is 5.83. The number of aromatic nitrogens is 2. The molecular weight excluding hydrogens is 292 g/mol. The van der Waals surface area contributed by atoms with E-state index in [4.69, 9.17) is 5.73 Å². The molecule has 0 spiro atoms. The molecule has 92 valence electrons. The highest BCUT2D eigenvalue weighted by Crippen LogP contribution is 2.40. The van der Waals surface area contributed by atoms with Gasteiger partial charge in [0.25, 0.3) is 0 Å². The first kappa shape index (κ1) is 11.5. The molecule has 1 atom stereocenters. The fraction of sp³-hybridized carbons (Fsp3) is 0.231. The third-order valence-corrected chi connectivity index (χ3v) is 3.99. The van der Waals surface area contributed by atoms with Gasteiger partial charge in [0.15, 0.2) is 5.82 Å². The second-order valence-corrected chi connectivity index (χ2v) is 5.24. The zero-order chi connectivity index (χ0) is 12.7. The van der Waals surface area contributed by atoms with Gasteiger partial charge in [0.05, 0.1) is 0 Å². The first-order valence-corrected chi connectivity index (χ1v) is 6.61. The quantitative estimate of drug-likeness (QED) is 0.880. The second kappa shape index (κ2) is 4.24. The molecular formula is C13H13BrN4. The maximum Gasteiger partial charge on any atom is 0.153 e. The topological polar surface area (TPSA) is 55.0 Å². The van der Waals surface area contributed by atoms with E-state index in [0.717, 1.165) is 16.7 Å². The minimum atomic E-state index is 0.369. The molecule has 0 bridgehead atoms. The van der Waals surface area contributed by atoms with Crippen LogP contribution in [-0.2, 0) is 6.42 Å². The summed E-state index contributed by atoms with van der Waals surface area (Å²) in [4.78, 5) is 10.5. The predicted octanol–water partition coefficient (Wildman–Crippen LogP) is 2.90. The van der Waals surface area contributed by atoms with Gasteiger partial charge in [-0.05, 0) is 40.9 Å². The Hall–Kier alpha value is -1.62. The van der Waals surface area contributed by atoms with Crippen molar-refractivity contribution in [3.63, 3.8) is 0 Å². The van der Waals surface area contributed by atoms with Gasteiger partial charge in [-0.3, -0.25) is 0 Å². The summed E-state index contributed by atoms with van der Waals surface area (Å²) < 4.78 is 0.758. The summed E-state index contributed by atoms with van der Waals surface area (Å²) in [5.74, 6) is 1.30. The van der Waals surface area contributed by atoms with E-state index in [2.05, 4.69) is 55.9 Å². The average molecular weight is 305 g/mol. The van der Waals surface area contributed by atoms with Crippen molar-refractivity contribution < 1.29 is 0 Å². The third-order valence-electron chi connectivity index (χ3n) is 3.23. The van der Waals surface area contributed by atoms with Gasteiger partial charge in [-0.1, -0.05) is 18.2 Å². The Morgan fingerprint density at radius 3 is 2.94 bits per heavy atom. The summed E-state index contributed by atoms with van der Waals surface area (Å²) in [5.41, 5.74) is 8.37. The molecule has 1 aromatic heterocycles. The van der Waals surface area contributed by atoms with E-state index in [1.165, 1.54) is 17.6 Å². The molecule has 0 amide bonds. The molecule has 1 aliphatic rings. The van der Waals surface area contributed by atoms with Gasteiger partial charge in [-0.25, -0.2) is 9.97 Å². The number of rotatable bonds is 1. The van der Waals surface area contributed by atoms with Crippen LogP contribution in [0, 0.1) is 0 Å². The van der Waals surface area contributed by atoms with Crippen molar-refractivity contribution in [2.24, 2.45) is 0 Å². The van der Waals surface area contributed by atoms with Crippen LogP contribution in [0.15, 0.2) is 35.1 Å². The van der Waals surface area contributed by atoms with Crippen molar-refractivity contribution >= 4 is 33.3 Å². The third kappa shape index (κ3) is 1.66. The lowest BCUT2D eigenvalue weighted by Crippen LogP contribution is -2.25. The summed E-state index contributed by atoms with van der Waals surface area (Å²) >= 11 is 3.48. The first-order valence-electron chi connectivity index (χ1n) is 5.81. The lowest BCUT2D eigenvalue weighted by atomic mass is 10.1. The number of nitrogen functional groups attached to an aromatic ring is 1. The summed E-state index contributed by atoms with van der Waals surface area (Å²) in [6.45, 7) is 2.19. The van der Waals surface area contributed by atoms with Crippen LogP contribution in [0.5, 0.6) is 0 Å². The van der Waals surface area contributed by atoms with Crippen molar-refractivity contribution in [3.05, 3.63) is 40.6 Å². The molecule has 0 aliphatic carbocycles. The molecule has 0 fully saturated rings. The molecule has 5 heteroatoms. The number of fused-ring (bicyclic) bond motifs is 1. The minimum Gasteiger partial charge on any atom is -0.383 e. The lowest BCUT2D eigenvalue weighted by molar-refractivity contribution is 0.748. The van der Waals surface area contributed by atoms with Crippen molar-refractivity contribution in [2.75, 3.05) is 10.6 Å². The van der Waals surface area contributed by atoms with Gasteiger partial charge in [0, 0.05) is 11.7 Å². The minimum absolute atomic E-state index is 0.369. The van der Waals surface area contributed by atoms with Crippen LogP contribution in [0.3, 0.4) is 0 Å². The zero-order valence-electron chi connectivity index (χ0n) is 9.97. The Bertz CT molecular complexity index is 599. The predicted molar refractivity (Wildman–Crippen MR) is 75.9 cm³/mol. The van der Waals surface area contributed by atoms with E-state index in [0.29, 0.717) is 11.9 Å². The van der Waals surface area contributed by atoms with E-state index >= 15 is 0 Å². The van der Waals surface area contributed by atoms with Crippen LogP contribution in [0.4, 0.5) is 17.3 Å². The van der Waals surface area contributed by atoms with E-state index in [1.807, 2.05) is 6.07 Å². The Morgan fingerprint density at radius 1 is 1.33 bits per heavy atom. The highest BCUT2D eigenvalue weighted by atomic mass is 79.9. The molecule has 0 saturated carbocycles. The molecule has 3 rings (SSSR count). The zero-order valence-corrected chi connectivity index (χ0v) is 11.6.